The lowest BCUT2D eigenvalue weighted by molar-refractivity contribution is 0.0330. The number of nitrogens with zero attached hydrogens (tertiary/aromatic N) is 2. The van der Waals surface area contributed by atoms with Gasteiger partial charge in [0, 0.05) is 18.8 Å². The number of hydrogen-bond acceptors (Lipinski definition) is 3. The van der Waals surface area contributed by atoms with Crippen molar-refractivity contribution in [2.45, 2.75) is 32.0 Å². The van der Waals surface area contributed by atoms with E-state index in [2.05, 4.69) is 15.2 Å². The smallest absolute Gasteiger partial charge is 0.198 e. The summed E-state index contributed by atoms with van der Waals surface area (Å²) in [6, 6.07) is 20.0. The van der Waals surface area contributed by atoms with Crippen LogP contribution < -0.4 is 5.32 Å². The van der Waals surface area contributed by atoms with Gasteiger partial charge in [-0.2, -0.15) is 0 Å². The van der Waals surface area contributed by atoms with E-state index < -0.39 is 6.10 Å². The minimum atomic E-state index is -0.619. The molecular formula is C22H29N3O2. The highest BCUT2D eigenvalue weighted by molar-refractivity contribution is 5.93. The van der Waals surface area contributed by atoms with Crippen LogP contribution in [0.2, 0.25) is 0 Å². The number of benzene rings is 2. The summed E-state index contributed by atoms with van der Waals surface area (Å²) in [5.74, 6) is 0.836. The highest BCUT2D eigenvalue weighted by Crippen LogP contribution is 2.13. The summed E-state index contributed by atoms with van der Waals surface area (Å²) in [6.07, 6.45) is 3.01. The van der Waals surface area contributed by atoms with Gasteiger partial charge in [-0.25, -0.2) is 0 Å². The Kier molecular flexibility index (Phi) is 7.69. The third kappa shape index (κ3) is 6.70. The van der Waals surface area contributed by atoms with Crippen molar-refractivity contribution in [1.82, 2.24) is 4.90 Å². The van der Waals surface area contributed by atoms with Crippen molar-refractivity contribution < 1.29 is 9.84 Å². The Labute approximate surface area is 161 Å². The summed E-state index contributed by atoms with van der Waals surface area (Å²) in [5.41, 5.74) is 2.12. The van der Waals surface area contributed by atoms with Crippen LogP contribution >= 0.6 is 0 Å². The fraction of sp³-hybridized carbons (Fsp3) is 0.409. The lowest BCUT2D eigenvalue weighted by atomic mass is 10.1. The number of aliphatic hydroxyl groups is 1. The Morgan fingerprint density at radius 3 is 2.37 bits per heavy atom. The van der Waals surface area contributed by atoms with Gasteiger partial charge < -0.3 is 20.1 Å². The van der Waals surface area contributed by atoms with Crippen molar-refractivity contribution in [3.63, 3.8) is 0 Å². The number of nitrogens with one attached hydrogen (secondary N) is 1. The van der Waals surface area contributed by atoms with E-state index in [0.29, 0.717) is 13.2 Å². The number of ether oxygens (including phenoxy) is 1. The van der Waals surface area contributed by atoms with Gasteiger partial charge >= 0.3 is 0 Å². The first kappa shape index (κ1) is 19.4. The lowest BCUT2D eigenvalue weighted by Gasteiger charge is -2.30. The molecule has 1 aliphatic rings. The summed E-state index contributed by atoms with van der Waals surface area (Å²) in [6.45, 7) is 3.10. The Morgan fingerprint density at radius 1 is 1.00 bits per heavy atom. The minimum absolute atomic E-state index is 0.275. The van der Waals surface area contributed by atoms with E-state index in [1.165, 1.54) is 19.3 Å². The van der Waals surface area contributed by atoms with Crippen molar-refractivity contribution in [2.75, 3.05) is 31.6 Å². The summed E-state index contributed by atoms with van der Waals surface area (Å²) in [4.78, 5) is 6.94. The number of aliphatic imine (C=N–C) groups is 1. The lowest BCUT2D eigenvalue weighted by Crippen LogP contribution is -2.40. The Bertz CT molecular complexity index is 685. The van der Waals surface area contributed by atoms with E-state index in [1.807, 2.05) is 60.7 Å². The summed E-state index contributed by atoms with van der Waals surface area (Å²) >= 11 is 0. The third-order valence-corrected chi connectivity index (χ3v) is 4.56. The topological polar surface area (TPSA) is 57.1 Å². The quantitative estimate of drug-likeness (QED) is 0.581. The van der Waals surface area contributed by atoms with Gasteiger partial charge in [-0.15, -0.1) is 0 Å². The average Bonchev–Trinajstić information content (AvgIpc) is 2.73. The van der Waals surface area contributed by atoms with Crippen LogP contribution in [0.25, 0.3) is 0 Å². The largest absolute Gasteiger partial charge is 0.389 e. The van der Waals surface area contributed by atoms with Crippen LogP contribution in [0.4, 0.5) is 5.69 Å². The number of hydrogen-bond donors (Lipinski definition) is 2. The van der Waals surface area contributed by atoms with E-state index in [-0.39, 0.29) is 6.61 Å². The van der Waals surface area contributed by atoms with E-state index in [1.54, 1.807) is 0 Å². The Hall–Kier alpha value is -2.37. The molecule has 1 aliphatic heterocycles. The molecule has 0 aromatic heterocycles. The maximum Gasteiger partial charge on any atom is 0.198 e. The Balaban J connectivity index is 1.53. The fourth-order valence-corrected chi connectivity index (χ4v) is 3.11. The predicted molar refractivity (Wildman–Crippen MR) is 110 cm³/mol. The van der Waals surface area contributed by atoms with E-state index >= 15 is 0 Å². The molecule has 0 saturated carbocycles. The number of anilines is 1. The highest BCUT2D eigenvalue weighted by Gasteiger charge is 2.15. The zero-order valence-electron chi connectivity index (χ0n) is 15.8. The summed E-state index contributed by atoms with van der Waals surface area (Å²) in [5, 5.41) is 13.7. The van der Waals surface area contributed by atoms with E-state index in [0.717, 1.165) is 30.3 Å². The van der Waals surface area contributed by atoms with Gasteiger partial charge in [0.15, 0.2) is 5.96 Å². The molecule has 3 rings (SSSR count). The first-order chi connectivity index (χ1) is 13.3. The summed E-state index contributed by atoms with van der Waals surface area (Å²) < 4.78 is 5.62. The van der Waals surface area contributed by atoms with Crippen LogP contribution in [-0.2, 0) is 11.3 Å². The molecule has 27 heavy (non-hydrogen) atoms. The van der Waals surface area contributed by atoms with E-state index in [9.17, 15) is 5.11 Å². The molecule has 2 aromatic carbocycles. The van der Waals surface area contributed by atoms with Crippen LogP contribution in [0, 0.1) is 0 Å². The van der Waals surface area contributed by atoms with Crippen molar-refractivity contribution in [3.8, 4) is 0 Å². The monoisotopic (exact) mass is 367 g/mol. The van der Waals surface area contributed by atoms with Gasteiger partial charge in [0.05, 0.1) is 25.9 Å². The van der Waals surface area contributed by atoms with Gasteiger partial charge in [0.25, 0.3) is 0 Å². The molecule has 0 amide bonds. The van der Waals surface area contributed by atoms with Crippen LogP contribution in [0.1, 0.15) is 24.8 Å². The molecule has 0 spiro atoms. The van der Waals surface area contributed by atoms with Crippen LogP contribution in [0.3, 0.4) is 0 Å². The maximum atomic E-state index is 10.3. The number of guanidine groups is 1. The minimum Gasteiger partial charge on any atom is -0.389 e. The molecule has 5 nitrogen and oxygen atoms in total. The molecule has 1 fully saturated rings. The first-order valence-electron chi connectivity index (χ1n) is 9.72. The number of para-hydroxylation sites is 1. The SMILES string of the molecule is OC(CN=C(Nc1ccccc1)N1CCCCC1)COCc1ccccc1. The molecule has 0 aliphatic carbocycles. The zero-order valence-corrected chi connectivity index (χ0v) is 15.8. The van der Waals surface area contributed by atoms with Crippen molar-refractivity contribution in [2.24, 2.45) is 4.99 Å². The first-order valence-corrected chi connectivity index (χ1v) is 9.72. The molecule has 1 unspecified atom stereocenters. The molecule has 0 bridgehead atoms. The number of aliphatic hydroxyl groups excluding tert-OH is 1. The van der Waals surface area contributed by atoms with Crippen molar-refractivity contribution >= 4 is 11.6 Å². The van der Waals surface area contributed by atoms with Crippen molar-refractivity contribution in [1.29, 1.82) is 0 Å². The second-order valence-corrected chi connectivity index (χ2v) is 6.86. The standard InChI is InChI=1S/C22H29N3O2/c26-21(18-27-17-19-10-4-1-5-11-19)16-23-22(25-14-8-3-9-15-25)24-20-12-6-2-7-13-20/h1-2,4-7,10-13,21,26H,3,8-9,14-18H2,(H,23,24). The second kappa shape index (κ2) is 10.7. The molecule has 5 heteroatoms. The molecule has 144 valence electrons. The summed E-state index contributed by atoms with van der Waals surface area (Å²) in [7, 11) is 0. The van der Waals surface area contributed by atoms with Gasteiger partial charge in [0.2, 0.25) is 0 Å². The zero-order chi connectivity index (χ0) is 18.7. The van der Waals surface area contributed by atoms with Crippen molar-refractivity contribution in [3.05, 3.63) is 66.2 Å². The predicted octanol–water partition coefficient (Wildman–Crippen LogP) is 3.52. The number of rotatable bonds is 7. The Morgan fingerprint density at radius 2 is 1.67 bits per heavy atom. The third-order valence-electron chi connectivity index (χ3n) is 4.56. The van der Waals surface area contributed by atoms with Gasteiger partial charge in [-0.3, -0.25) is 4.99 Å². The molecule has 2 N–H and O–H groups in total. The van der Waals surface area contributed by atoms with E-state index in [4.69, 9.17) is 4.74 Å². The average molecular weight is 367 g/mol. The second-order valence-electron chi connectivity index (χ2n) is 6.86. The van der Waals surface area contributed by atoms with Gasteiger partial charge in [-0.05, 0) is 37.0 Å². The maximum absolute atomic E-state index is 10.3. The van der Waals surface area contributed by atoms with Crippen LogP contribution in [0.5, 0.6) is 0 Å². The van der Waals surface area contributed by atoms with Gasteiger partial charge in [0.1, 0.15) is 0 Å². The molecule has 2 aromatic rings. The van der Waals surface area contributed by atoms with Gasteiger partial charge in [-0.1, -0.05) is 48.5 Å². The van der Waals surface area contributed by atoms with Crippen LogP contribution in [-0.4, -0.2) is 48.3 Å². The molecule has 1 atom stereocenters. The number of piperidine rings is 1. The molecule has 1 heterocycles. The fourth-order valence-electron chi connectivity index (χ4n) is 3.11. The molecule has 0 radical (unpaired) electrons. The number of likely N-dealkylation sites (tertiary alicyclic amines) is 1. The molecular weight excluding hydrogens is 338 g/mol. The normalized spacial score (nSPS) is 16.2. The highest BCUT2D eigenvalue weighted by atomic mass is 16.5. The van der Waals surface area contributed by atoms with Crippen LogP contribution in [0.15, 0.2) is 65.7 Å². The molecule has 1 saturated heterocycles.